The van der Waals surface area contributed by atoms with Crippen LogP contribution in [-0.4, -0.2) is 19.3 Å². The maximum absolute atomic E-state index is 10.7. The fourth-order valence-electron chi connectivity index (χ4n) is 4.51. The first kappa shape index (κ1) is 14.0. The van der Waals surface area contributed by atoms with Gasteiger partial charge in [0.15, 0.2) is 0 Å². The molecule has 2 saturated carbocycles. The van der Waals surface area contributed by atoms with Crippen molar-refractivity contribution in [2.45, 2.75) is 56.8 Å². The summed E-state index contributed by atoms with van der Waals surface area (Å²) >= 11 is 1.98. The molecule has 0 radical (unpaired) electrons. The molecule has 112 valence electrons. The van der Waals surface area contributed by atoms with Crippen LogP contribution in [0.15, 0.2) is 24.3 Å². The minimum atomic E-state index is -1.26. The Kier molecular flexibility index (Phi) is 2.95. The van der Waals surface area contributed by atoms with Crippen molar-refractivity contribution in [2.75, 3.05) is 0 Å². The van der Waals surface area contributed by atoms with E-state index < -0.39 is 8.07 Å². The van der Waals surface area contributed by atoms with Gasteiger partial charge in [0.25, 0.3) is 0 Å². The summed E-state index contributed by atoms with van der Waals surface area (Å²) in [5, 5.41) is 12.1. The Hall–Kier alpha value is -0.643. The van der Waals surface area contributed by atoms with Crippen LogP contribution < -0.4 is 4.50 Å². The lowest BCUT2D eigenvalue weighted by molar-refractivity contribution is 0.0898. The maximum atomic E-state index is 10.7. The van der Waals surface area contributed by atoms with Gasteiger partial charge in [0.2, 0.25) is 0 Å². The average molecular weight is 317 g/mol. The second-order valence-corrected chi connectivity index (χ2v) is 14.6. The molecule has 0 aliphatic heterocycles. The standard InChI is InChI=1S/C18H24OSSi/c1-21(2,3)17-10-13-14(5-4-6-15(13)20-17)18-8-7-12(11-18)9-16(18)19/h4-6,10,12,16,19H,7-9,11H2,1-3H3. The summed E-state index contributed by atoms with van der Waals surface area (Å²) in [6.07, 6.45) is 4.57. The largest absolute Gasteiger partial charge is 0.392 e. The van der Waals surface area contributed by atoms with Gasteiger partial charge in [-0.05, 0) is 59.2 Å². The molecule has 2 aromatic rings. The zero-order valence-electron chi connectivity index (χ0n) is 13.1. The molecule has 1 heterocycles. The minimum absolute atomic E-state index is 0.0575. The first-order valence-electron chi connectivity index (χ1n) is 8.12. The summed E-state index contributed by atoms with van der Waals surface area (Å²) in [7, 11) is -1.26. The normalized spacial score (nSPS) is 32.2. The van der Waals surface area contributed by atoms with Crippen molar-refractivity contribution in [3.63, 3.8) is 0 Å². The highest BCUT2D eigenvalue weighted by molar-refractivity contribution is 7.31. The van der Waals surface area contributed by atoms with Crippen LogP contribution in [-0.2, 0) is 5.41 Å². The quantitative estimate of drug-likeness (QED) is 0.821. The van der Waals surface area contributed by atoms with Crippen molar-refractivity contribution in [1.82, 2.24) is 0 Å². The second-order valence-electron chi connectivity index (χ2n) is 8.09. The van der Waals surface area contributed by atoms with Gasteiger partial charge in [-0.15, -0.1) is 11.3 Å². The first-order valence-corrected chi connectivity index (χ1v) is 12.4. The monoisotopic (exact) mass is 316 g/mol. The lowest BCUT2D eigenvalue weighted by Gasteiger charge is -2.33. The Labute approximate surface area is 132 Å². The smallest absolute Gasteiger partial charge is 0.0904 e. The van der Waals surface area contributed by atoms with E-state index in [0.29, 0.717) is 0 Å². The average Bonchev–Trinajstić information content (AvgIpc) is 3.08. The molecule has 0 saturated heterocycles. The van der Waals surface area contributed by atoms with Gasteiger partial charge in [-0.3, -0.25) is 0 Å². The number of rotatable bonds is 2. The van der Waals surface area contributed by atoms with Crippen molar-refractivity contribution < 1.29 is 5.11 Å². The van der Waals surface area contributed by atoms with Gasteiger partial charge >= 0.3 is 0 Å². The highest BCUT2D eigenvalue weighted by Crippen LogP contribution is 2.56. The fraction of sp³-hybridized carbons (Fsp3) is 0.556. The number of fused-ring (bicyclic) bond motifs is 3. The van der Waals surface area contributed by atoms with E-state index in [1.54, 1.807) is 4.50 Å². The molecular formula is C18H24OSSi. The molecule has 3 heteroatoms. The van der Waals surface area contributed by atoms with E-state index in [9.17, 15) is 5.11 Å². The fourth-order valence-corrected chi connectivity index (χ4v) is 7.49. The van der Waals surface area contributed by atoms with Gasteiger partial charge in [0, 0.05) is 10.1 Å². The SMILES string of the molecule is C[Si](C)(C)c1cc2c(C34CCC(CC3O)C4)cccc2s1. The van der Waals surface area contributed by atoms with E-state index in [-0.39, 0.29) is 11.5 Å². The van der Waals surface area contributed by atoms with E-state index in [4.69, 9.17) is 0 Å². The molecule has 2 aliphatic rings. The third kappa shape index (κ3) is 1.97. The molecule has 1 aromatic carbocycles. The van der Waals surface area contributed by atoms with Crippen molar-refractivity contribution in [3.8, 4) is 0 Å². The van der Waals surface area contributed by atoms with Crippen molar-refractivity contribution in [2.24, 2.45) is 5.92 Å². The number of aliphatic hydroxyl groups is 1. The van der Waals surface area contributed by atoms with Crippen LogP contribution in [0.3, 0.4) is 0 Å². The molecule has 0 spiro atoms. The molecule has 1 N–H and O–H groups in total. The van der Waals surface area contributed by atoms with Crippen LogP contribution >= 0.6 is 11.3 Å². The number of thiophene rings is 1. The molecule has 1 aromatic heterocycles. The summed E-state index contributed by atoms with van der Waals surface area (Å²) in [5.41, 5.74) is 1.50. The molecule has 2 aliphatic carbocycles. The summed E-state index contributed by atoms with van der Waals surface area (Å²) < 4.78 is 3.00. The van der Waals surface area contributed by atoms with Gasteiger partial charge in [-0.1, -0.05) is 31.8 Å². The minimum Gasteiger partial charge on any atom is -0.392 e. The summed E-state index contributed by atoms with van der Waals surface area (Å²) in [6.45, 7) is 7.27. The Balaban J connectivity index is 1.92. The van der Waals surface area contributed by atoms with Crippen LogP contribution in [0, 0.1) is 5.92 Å². The molecular weight excluding hydrogens is 292 g/mol. The lowest BCUT2D eigenvalue weighted by atomic mass is 9.74. The third-order valence-electron chi connectivity index (χ3n) is 5.68. The number of hydrogen-bond acceptors (Lipinski definition) is 2. The zero-order valence-corrected chi connectivity index (χ0v) is 15.0. The Morgan fingerprint density at radius 3 is 2.71 bits per heavy atom. The highest BCUT2D eigenvalue weighted by Gasteiger charge is 2.53. The van der Waals surface area contributed by atoms with Crippen LogP contribution in [0.2, 0.25) is 19.6 Å². The predicted octanol–water partition coefficient (Wildman–Crippen LogP) is 4.25. The number of hydrogen-bond donors (Lipinski definition) is 1. The third-order valence-corrected chi connectivity index (χ3v) is 10.4. The predicted molar refractivity (Wildman–Crippen MR) is 94.4 cm³/mol. The number of aliphatic hydroxyl groups excluding tert-OH is 1. The molecule has 0 amide bonds. The van der Waals surface area contributed by atoms with Crippen LogP contribution in [0.1, 0.15) is 31.2 Å². The van der Waals surface area contributed by atoms with E-state index in [0.717, 1.165) is 12.3 Å². The van der Waals surface area contributed by atoms with E-state index in [1.807, 2.05) is 11.3 Å². The summed E-state index contributed by atoms with van der Waals surface area (Å²) in [4.78, 5) is 0. The zero-order chi connectivity index (χ0) is 14.8. The van der Waals surface area contributed by atoms with Gasteiger partial charge < -0.3 is 5.11 Å². The van der Waals surface area contributed by atoms with Gasteiger partial charge in [0.05, 0.1) is 14.2 Å². The lowest BCUT2D eigenvalue weighted by Crippen LogP contribution is -2.35. The first-order chi connectivity index (χ1) is 9.90. The van der Waals surface area contributed by atoms with E-state index in [1.165, 1.54) is 34.9 Å². The second kappa shape index (κ2) is 4.43. The molecule has 21 heavy (non-hydrogen) atoms. The van der Waals surface area contributed by atoms with Gasteiger partial charge in [0.1, 0.15) is 0 Å². The van der Waals surface area contributed by atoms with Crippen LogP contribution in [0.25, 0.3) is 10.1 Å². The summed E-state index contributed by atoms with van der Waals surface area (Å²) in [5.74, 6) is 0.755. The molecule has 1 nitrogen and oxygen atoms in total. The van der Waals surface area contributed by atoms with Crippen molar-refractivity contribution >= 4 is 34.0 Å². The highest BCUT2D eigenvalue weighted by atomic mass is 32.1. The maximum Gasteiger partial charge on any atom is 0.0904 e. The van der Waals surface area contributed by atoms with Crippen LogP contribution in [0.4, 0.5) is 0 Å². The van der Waals surface area contributed by atoms with Gasteiger partial charge in [-0.25, -0.2) is 0 Å². The Bertz CT molecular complexity index is 699. The number of benzene rings is 1. The van der Waals surface area contributed by atoms with Crippen molar-refractivity contribution in [1.29, 1.82) is 0 Å². The molecule has 3 unspecified atom stereocenters. The van der Waals surface area contributed by atoms with Gasteiger partial charge in [-0.2, -0.15) is 0 Å². The molecule has 2 fully saturated rings. The molecule has 3 atom stereocenters. The molecule has 2 bridgehead atoms. The topological polar surface area (TPSA) is 20.2 Å². The van der Waals surface area contributed by atoms with Crippen molar-refractivity contribution in [3.05, 3.63) is 29.8 Å². The van der Waals surface area contributed by atoms with E-state index in [2.05, 4.69) is 43.9 Å². The molecule has 4 rings (SSSR count). The Morgan fingerprint density at radius 1 is 1.29 bits per heavy atom. The Morgan fingerprint density at radius 2 is 2.10 bits per heavy atom. The van der Waals surface area contributed by atoms with Crippen LogP contribution in [0.5, 0.6) is 0 Å². The summed E-state index contributed by atoms with van der Waals surface area (Å²) in [6, 6.07) is 9.21. The van der Waals surface area contributed by atoms with E-state index >= 15 is 0 Å².